The second-order valence-corrected chi connectivity index (χ2v) is 7.19. The lowest BCUT2D eigenvalue weighted by Gasteiger charge is -2.04. The van der Waals surface area contributed by atoms with Gasteiger partial charge < -0.3 is 5.32 Å². The minimum Gasteiger partial charge on any atom is -0.315 e. The molecule has 0 amide bonds. The second kappa shape index (κ2) is 9.38. The molecular weight excluding hydrogens is 296 g/mol. The van der Waals surface area contributed by atoms with E-state index in [1.807, 2.05) is 6.26 Å². The van der Waals surface area contributed by atoms with Gasteiger partial charge in [-0.2, -0.15) is 16.9 Å². The summed E-state index contributed by atoms with van der Waals surface area (Å²) in [7, 11) is -3.42. The standard InChI is InChI=1S/C12H24N4O2S2/c1-3-5-13-7-8-16-11-12(10-14-16)20(17,18)15-6-4-9-19-2/h10-11,13,15H,3-9H2,1-2H3. The van der Waals surface area contributed by atoms with Crippen molar-refractivity contribution in [3.63, 3.8) is 0 Å². The molecule has 0 fully saturated rings. The Bertz CT molecular complexity index is 474. The van der Waals surface area contributed by atoms with Gasteiger partial charge >= 0.3 is 0 Å². The minimum atomic E-state index is -3.42. The fourth-order valence-electron chi connectivity index (χ4n) is 1.61. The van der Waals surface area contributed by atoms with E-state index in [1.165, 1.54) is 6.20 Å². The molecule has 0 aliphatic carbocycles. The zero-order chi connectivity index (χ0) is 14.8. The highest BCUT2D eigenvalue weighted by atomic mass is 32.2. The highest BCUT2D eigenvalue weighted by Gasteiger charge is 2.15. The van der Waals surface area contributed by atoms with Crippen LogP contribution < -0.4 is 10.0 Å². The molecule has 0 saturated carbocycles. The van der Waals surface area contributed by atoms with E-state index in [2.05, 4.69) is 22.1 Å². The topological polar surface area (TPSA) is 76.0 Å². The van der Waals surface area contributed by atoms with E-state index >= 15 is 0 Å². The van der Waals surface area contributed by atoms with Crippen molar-refractivity contribution in [3.8, 4) is 0 Å². The number of aromatic nitrogens is 2. The minimum absolute atomic E-state index is 0.233. The van der Waals surface area contributed by atoms with Crippen molar-refractivity contribution in [2.45, 2.75) is 31.2 Å². The van der Waals surface area contributed by atoms with Gasteiger partial charge in [0.1, 0.15) is 4.90 Å². The lowest BCUT2D eigenvalue weighted by atomic mass is 10.5. The summed E-state index contributed by atoms with van der Waals surface area (Å²) in [6.45, 7) is 4.99. The van der Waals surface area contributed by atoms with Gasteiger partial charge in [0, 0.05) is 19.3 Å². The van der Waals surface area contributed by atoms with Crippen molar-refractivity contribution < 1.29 is 8.42 Å². The Morgan fingerprint density at radius 1 is 1.35 bits per heavy atom. The monoisotopic (exact) mass is 320 g/mol. The van der Waals surface area contributed by atoms with Crippen LogP contribution in [0.4, 0.5) is 0 Å². The maximum atomic E-state index is 12.0. The first-order valence-corrected chi connectivity index (χ1v) is 9.69. The first-order chi connectivity index (χ1) is 9.60. The summed E-state index contributed by atoms with van der Waals surface area (Å²) < 4.78 is 28.2. The van der Waals surface area contributed by atoms with E-state index in [1.54, 1.807) is 22.6 Å². The van der Waals surface area contributed by atoms with Gasteiger partial charge in [-0.15, -0.1) is 0 Å². The summed E-state index contributed by atoms with van der Waals surface area (Å²) in [4.78, 5) is 0.233. The highest BCUT2D eigenvalue weighted by molar-refractivity contribution is 7.98. The molecule has 0 aliphatic heterocycles. The maximum Gasteiger partial charge on any atom is 0.243 e. The molecule has 0 bridgehead atoms. The lowest BCUT2D eigenvalue weighted by Crippen LogP contribution is -2.25. The van der Waals surface area contributed by atoms with Gasteiger partial charge in [-0.05, 0) is 31.4 Å². The Morgan fingerprint density at radius 3 is 2.85 bits per heavy atom. The number of thioether (sulfide) groups is 1. The average molecular weight is 320 g/mol. The zero-order valence-electron chi connectivity index (χ0n) is 12.1. The molecule has 0 aromatic carbocycles. The fraction of sp³-hybridized carbons (Fsp3) is 0.750. The molecule has 1 aromatic rings. The molecule has 0 radical (unpaired) electrons. The number of nitrogens with one attached hydrogen (secondary N) is 2. The summed E-state index contributed by atoms with van der Waals surface area (Å²) in [6, 6.07) is 0. The molecule has 0 saturated heterocycles. The SMILES string of the molecule is CCCNCCn1cc(S(=O)(=O)NCCCSC)cn1. The van der Waals surface area contributed by atoms with E-state index in [0.29, 0.717) is 13.1 Å². The van der Waals surface area contributed by atoms with Gasteiger partial charge in [0.2, 0.25) is 10.0 Å². The molecule has 2 N–H and O–H groups in total. The maximum absolute atomic E-state index is 12.0. The molecule has 6 nitrogen and oxygen atoms in total. The Labute approximate surface area is 125 Å². The van der Waals surface area contributed by atoms with Crippen molar-refractivity contribution in [2.24, 2.45) is 0 Å². The van der Waals surface area contributed by atoms with Crippen LogP contribution in [0.5, 0.6) is 0 Å². The Kier molecular flexibility index (Phi) is 8.20. The van der Waals surface area contributed by atoms with E-state index < -0.39 is 10.0 Å². The molecule has 0 aliphatic rings. The largest absolute Gasteiger partial charge is 0.315 e. The first-order valence-electron chi connectivity index (χ1n) is 6.82. The molecule has 1 heterocycles. The van der Waals surface area contributed by atoms with Crippen LogP contribution in [-0.2, 0) is 16.6 Å². The number of rotatable bonds is 11. The number of sulfonamides is 1. The van der Waals surface area contributed by atoms with Gasteiger partial charge in [-0.1, -0.05) is 6.92 Å². The van der Waals surface area contributed by atoms with Crippen LogP contribution in [0.25, 0.3) is 0 Å². The quantitative estimate of drug-likeness (QED) is 0.593. The number of hydrogen-bond donors (Lipinski definition) is 2. The summed E-state index contributed by atoms with van der Waals surface area (Å²) in [5, 5.41) is 7.33. The van der Waals surface area contributed by atoms with Crippen LogP contribution in [0.3, 0.4) is 0 Å². The molecule has 1 rings (SSSR count). The zero-order valence-corrected chi connectivity index (χ0v) is 13.8. The lowest BCUT2D eigenvalue weighted by molar-refractivity contribution is 0.552. The predicted octanol–water partition coefficient (Wildman–Crippen LogP) is 0.914. The summed E-state index contributed by atoms with van der Waals surface area (Å²) in [5.41, 5.74) is 0. The van der Waals surface area contributed by atoms with Gasteiger partial charge in [0.05, 0.1) is 12.7 Å². The molecule has 0 unspecified atom stereocenters. The Balaban J connectivity index is 2.44. The molecule has 8 heteroatoms. The third-order valence-electron chi connectivity index (χ3n) is 2.68. The van der Waals surface area contributed by atoms with Crippen LogP contribution in [-0.4, -0.2) is 49.8 Å². The molecule has 0 atom stereocenters. The van der Waals surface area contributed by atoms with E-state index in [9.17, 15) is 8.42 Å². The summed E-state index contributed by atoms with van der Waals surface area (Å²) >= 11 is 1.71. The normalized spacial score (nSPS) is 11.9. The predicted molar refractivity (Wildman–Crippen MR) is 83.6 cm³/mol. The summed E-state index contributed by atoms with van der Waals surface area (Å²) in [6.07, 6.45) is 6.89. The van der Waals surface area contributed by atoms with Crippen LogP contribution in [0, 0.1) is 0 Å². The average Bonchev–Trinajstić information content (AvgIpc) is 2.89. The molecule has 1 aromatic heterocycles. The second-order valence-electron chi connectivity index (χ2n) is 4.43. The van der Waals surface area contributed by atoms with Gasteiger partial charge in [0.25, 0.3) is 0 Å². The number of nitrogens with zero attached hydrogens (tertiary/aromatic N) is 2. The molecule has 20 heavy (non-hydrogen) atoms. The van der Waals surface area contributed by atoms with Gasteiger partial charge in [0.15, 0.2) is 0 Å². The van der Waals surface area contributed by atoms with E-state index in [4.69, 9.17) is 0 Å². The van der Waals surface area contributed by atoms with Crippen LogP contribution in [0.1, 0.15) is 19.8 Å². The van der Waals surface area contributed by atoms with Crippen molar-refractivity contribution in [1.82, 2.24) is 19.8 Å². The first kappa shape index (κ1) is 17.5. The molecule has 116 valence electrons. The van der Waals surface area contributed by atoms with Gasteiger partial charge in [-0.25, -0.2) is 13.1 Å². The smallest absolute Gasteiger partial charge is 0.243 e. The number of hydrogen-bond acceptors (Lipinski definition) is 5. The highest BCUT2D eigenvalue weighted by Crippen LogP contribution is 2.07. The Morgan fingerprint density at radius 2 is 2.15 bits per heavy atom. The van der Waals surface area contributed by atoms with Crippen molar-refractivity contribution in [1.29, 1.82) is 0 Å². The third kappa shape index (κ3) is 6.25. The van der Waals surface area contributed by atoms with Gasteiger partial charge in [-0.3, -0.25) is 4.68 Å². The van der Waals surface area contributed by atoms with Crippen LogP contribution in [0.2, 0.25) is 0 Å². The van der Waals surface area contributed by atoms with E-state index in [-0.39, 0.29) is 4.90 Å². The van der Waals surface area contributed by atoms with E-state index in [0.717, 1.165) is 31.7 Å². The van der Waals surface area contributed by atoms with Crippen molar-refractivity contribution in [2.75, 3.05) is 31.6 Å². The molecular formula is C12H24N4O2S2. The third-order valence-corrected chi connectivity index (χ3v) is 4.79. The molecule has 0 spiro atoms. The van der Waals surface area contributed by atoms with Crippen LogP contribution in [0.15, 0.2) is 17.3 Å². The van der Waals surface area contributed by atoms with Crippen LogP contribution >= 0.6 is 11.8 Å². The van der Waals surface area contributed by atoms with Crippen molar-refractivity contribution in [3.05, 3.63) is 12.4 Å². The van der Waals surface area contributed by atoms with Crippen molar-refractivity contribution >= 4 is 21.8 Å². The summed E-state index contributed by atoms with van der Waals surface area (Å²) in [5.74, 6) is 0.949. The Hall–Kier alpha value is -0.570. The fourth-order valence-corrected chi connectivity index (χ4v) is 3.07.